The van der Waals surface area contributed by atoms with Gasteiger partial charge in [0.05, 0.1) is 16.3 Å². The van der Waals surface area contributed by atoms with Crippen LogP contribution >= 0.6 is 27.3 Å². The van der Waals surface area contributed by atoms with E-state index in [2.05, 4.69) is 89.1 Å². The molecule has 3 heterocycles. The van der Waals surface area contributed by atoms with Crippen LogP contribution in [0.4, 0.5) is 0 Å². The maximum atomic E-state index is 13.8. The predicted octanol–water partition coefficient (Wildman–Crippen LogP) is 6.30. The maximum Gasteiger partial charge on any atom is 0.271 e. The molecule has 6 rings (SSSR count). The number of thiazole rings is 1. The number of fused-ring (bicyclic) bond motifs is 2. The fourth-order valence-corrected chi connectivity index (χ4v) is 6.04. The molecule has 3 aromatic carbocycles. The van der Waals surface area contributed by atoms with E-state index in [1.165, 1.54) is 16.9 Å². The van der Waals surface area contributed by atoms with Gasteiger partial charge in [-0.2, -0.15) is 0 Å². The minimum atomic E-state index is -0.233. The molecule has 0 radical (unpaired) electrons. The normalized spacial score (nSPS) is 15.7. The lowest BCUT2D eigenvalue weighted by molar-refractivity contribution is 0.622. The summed E-state index contributed by atoms with van der Waals surface area (Å²) in [7, 11) is 0. The molecule has 0 spiro atoms. The fourth-order valence-electron chi connectivity index (χ4n) is 4.76. The summed E-state index contributed by atoms with van der Waals surface area (Å²) in [6, 6.07) is 26.8. The van der Waals surface area contributed by atoms with Crippen molar-refractivity contribution in [2.75, 3.05) is 0 Å². The van der Waals surface area contributed by atoms with Gasteiger partial charge in [-0.25, -0.2) is 4.99 Å². The molecule has 0 saturated carbocycles. The summed E-state index contributed by atoms with van der Waals surface area (Å²) in [4.78, 5) is 19.5. The van der Waals surface area contributed by atoms with Crippen molar-refractivity contribution < 1.29 is 0 Å². The first-order chi connectivity index (χ1) is 17.5. The Labute approximate surface area is 221 Å². The number of rotatable bonds is 4. The molecule has 1 aliphatic rings. The van der Waals surface area contributed by atoms with Crippen molar-refractivity contribution in [3.05, 3.63) is 132 Å². The molecule has 0 N–H and O–H groups in total. The molecule has 5 aromatic rings. The highest BCUT2D eigenvalue weighted by atomic mass is 79.9. The van der Waals surface area contributed by atoms with Crippen LogP contribution in [0, 0.1) is 0 Å². The zero-order valence-corrected chi connectivity index (χ0v) is 22.3. The zero-order valence-electron chi connectivity index (χ0n) is 19.9. The van der Waals surface area contributed by atoms with Crippen LogP contribution in [0.2, 0.25) is 0 Å². The first-order valence-electron chi connectivity index (χ1n) is 11.9. The highest BCUT2D eigenvalue weighted by molar-refractivity contribution is 9.10. The largest absolute Gasteiger partial charge is 0.344 e. The molecule has 36 heavy (non-hydrogen) atoms. The standard InChI is InChI=1S/C30H24BrN3OS/c1-19(2)33-18-22(24-10-6-7-11-26(24)33)16-28-29(35)34-27(21-12-14-23(31)15-13-21)17-25(32-30(34)36-28)20-8-4-3-5-9-20/h3-19,27H,1-2H3. The summed E-state index contributed by atoms with van der Waals surface area (Å²) in [5.41, 5.74) is 5.17. The van der Waals surface area contributed by atoms with Gasteiger partial charge in [0.2, 0.25) is 0 Å². The van der Waals surface area contributed by atoms with E-state index in [-0.39, 0.29) is 11.6 Å². The van der Waals surface area contributed by atoms with Crippen molar-refractivity contribution in [3.8, 4) is 0 Å². The van der Waals surface area contributed by atoms with E-state index in [0.29, 0.717) is 15.4 Å². The summed E-state index contributed by atoms with van der Waals surface area (Å²) in [6.45, 7) is 4.35. The Hall–Kier alpha value is -3.48. The molecular weight excluding hydrogens is 530 g/mol. The molecule has 0 fully saturated rings. The maximum absolute atomic E-state index is 13.8. The molecular formula is C30H24BrN3OS. The number of hydrogen-bond donors (Lipinski definition) is 0. The minimum absolute atomic E-state index is 0.0172. The molecule has 0 saturated heterocycles. The van der Waals surface area contributed by atoms with Crippen molar-refractivity contribution in [2.24, 2.45) is 4.99 Å². The smallest absolute Gasteiger partial charge is 0.271 e. The number of para-hydroxylation sites is 1. The van der Waals surface area contributed by atoms with Gasteiger partial charge >= 0.3 is 0 Å². The van der Waals surface area contributed by atoms with Crippen molar-refractivity contribution in [3.63, 3.8) is 0 Å². The summed E-state index contributed by atoms with van der Waals surface area (Å²) < 4.78 is 5.78. The lowest BCUT2D eigenvalue weighted by Crippen LogP contribution is -2.36. The van der Waals surface area contributed by atoms with Crippen LogP contribution in [-0.4, -0.2) is 9.13 Å². The first kappa shape index (κ1) is 23.0. The van der Waals surface area contributed by atoms with E-state index >= 15 is 0 Å². The number of benzene rings is 3. The van der Waals surface area contributed by atoms with Crippen LogP contribution in [0.15, 0.2) is 105 Å². The van der Waals surface area contributed by atoms with Gasteiger partial charge in [-0.15, -0.1) is 0 Å². The van der Waals surface area contributed by atoms with Crippen LogP contribution in [0.5, 0.6) is 0 Å². The monoisotopic (exact) mass is 553 g/mol. The van der Waals surface area contributed by atoms with Crippen molar-refractivity contribution in [2.45, 2.75) is 25.9 Å². The lowest BCUT2D eigenvalue weighted by Gasteiger charge is -2.19. The lowest BCUT2D eigenvalue weighted by atomic mass is 10.0. The van der Waals surface area contributed by atoms with Crippen LogP contribution in [0.3, 0.4) is 0 Å². The number of hydrogen-bond acceptors (Lipinski definition) is 3. The third kappa shape index (κ3) is 4.00. The SMILES string of the molecule is CC(C)n1cc(C=c2sc3n(c2=O)C(c2ccc(Br)cc2)C=C(c2ccccc2)N=3)c2ccccc21. The van der Waals surface area contributed by atoms with Crippen LogP contribution in [0.25, 0.3) is 22.7 Å². The van der Waals surface area contributed by atoms with Gasteiger partial charge in [-0.3, -0.25) is 9.36 Å². The summed E-state index contributed by atoms with van der Waals surface area (Å²) >= 11 is 4.98. The molecule has 6 heteroatoms. The van der Waals surface area contributed by atoms with Gasteiger partial charge in [0.1, 0.15) is 0 Å². The summed E-state index contributed by atoms with van der Waals surface area (Å²) in [5, 5.41) is 1.14. The average molecular weight is 555 g/mol. The van der Waals surface area contributed by atoms with Crippen LogP contribution < -0.4 is 14.9 Å². The molecule has 0 bridgehead atoms. The quantitative estimate of drug-likeness (QED) is 0.257. The molecule has 1 unspecified atom stereocenters. The second-order valence-corrected chi connectivity index (χ2v) is 11.1. The van der Waals surface area contributed by atoms with Gasteiger partial charge in [-0.05, 0) is 55.3 Å². The van der Waals surface area contributed by atoms with E-state index in [0.717, 1.165) is 32.2 Å². The van der Waals surface area contributed by atoms with Crippen molar-refractivity contribution in [1.82, 2.24) is 9.13 Å². The molecule has 2 aromatic heterocycles. The molecule has 0 amide bonds. The molecule has 178 valence electrons. The Balaban J connectivity index is 1.58. The second kappa shape index (κ2) is 9.19. The third-order valence-electron chi connectivity index (χ3n) is 6.54. The van der Waals surface area contributed by atoms with Crippen molar-refractivity contribution in [1.29, 1.82) is 0 Å². The molecule has 4 nitrogen and oxygen atoms in total. The highest BCUT2D eigenvalue weighted by Gasteiger charge is 2.22. The number of allylic oxidation sites excluding steroid dienone is 1. The van der Waals surface area contributed by atoms with Gasteiger partial charge in [0.25, 0.3) is 5.56 Å². The average Bonchev–Trinajstić information content (AvgIpc) is 3.42. The number of aromatic nitrogens is 2. The first-order valence-corrected chi connectivity index (χ1v) is 13.5. The Bertz CT molecular complexity index is 1790. The Morgan fingerprint density at radius 1 is 0.972 bits per heavy atom. The van der Waals surface area contributed by atoms with Gasteiger partial charge in [0.15, 0.2) is 4.80 Å². The van der Waals surface area contributed by atoms with Gasteiger partial charge < -0.3 is 4.57 Å². The number of halogens is 1. The fraction of sp³-hybridized carbons (Fsp3) is 0.133. The molecule has 0 aliphatic carbocycles. The summed E-state index contributed by atoms with van der Waals surface area (Å²) in [5.74, 6) is 0. The Morgan fingerprint density at radius 3 is 2.44 bits per heavy atom. The third-order valence-corrected chi connectivity index (χ3v) is 8.05. The highest BCUT2D eigenvalue weighted by Crippen LogP contribution is 2.28. The summed E-state index contributed by atoms with van der Waals surface area (Å²) in [6.07, 6.45) is 6.26. The van der Waals surface area contributed by atoms with E-state index in [9.17, 15) is 4.79 Å². The van der Waals surface area contributed by atoms with Crippen LogP contribution in [-0.2, 0) is 0 Å². The van der Waals surface area contributed by atoms with E-state index in [4.69, 9.17) is 4.99 Å². The number of nitrogens with zero attached hydrogens (tertiary/aromatic N) is 3. The van der Waals surface area contributed by atoms with Gasteiger partial charge in [-0.1, -0.05) is 87.9 Å². The van der Waals surface area contributed by atoms with Crippen molar-refractivity contribution >= 4 is 49.9 Å². The van der Waals surface area contributed by atoms with Gasteiger partial charge in [0, 0.05) is 33.2 Å². The van der Waals surface area contributed by atoms with E-state index in [1.54, 1.807) is 0 Å². The van der Waals surface area contributed by atoms with Crippen LogP contribution in [0.1, 0.15) is 42.6 Å². The topological polar surface area (TPSA) is 39.3 Å². The zero-order chi connectivity index (χ0) is 24.8. The second-order valence-electron chi connectivity index (χ2n) is 9.20. The van der Waals surface area contributed by atoms with E-state index < -0.39 is 0 Å². The molecule has 1 atom stereocenters. The molecule has 1 aliphatic heterocycles. The van der Waals surface area contributed by atoms with E-state index in [1.807, 2.05) is 47.0 Å². The predicted molar refractivity (Wildman–Crippen MR) is 152 cm³/mol. The Kier molecular flexibility index (Phi) is 5.86. The minimum Gasteiger partial charge on any atom is -0.344 e. The Morgan fingerprint density at radius 2 is 1.69 bits per heavy atom.